The van der Waals surface area contributed by atoms with Gasteiger partial charge in [0.15, 0.2) is 5.69 Å². The van der Waals surface area contributed by atoms with Crippen molar-refractivity contribution in [3.8, 4) is 0 Å². The molecule has 5 heteroatoms. The van der Waals surface area contributed by atoms with E-state index in [2.05, 4.69) is 22.2 Å². The van der Waals surface area contributed by atoms with E-state index in [1.54, 1.807) is 0 Å². The maximum Gasteiger partial charge on any atom is 0.356 e. The van der Waals surface area contributed by atoms with Gasteiger partial charge in [-0.15, -0.1) is 0 Å². The zero-order chi connectivity index (χ0) is 11.5. The minimum atomic E-state index is -1.05. The fourth-order valence-corrected chi connectivity index (χ4v) is 2.06. The number of aromatic carboxylic acids is 1. The summed E-state index contributed by atoms with van der Waals surface area (Å²) in [4.78, 5) is 18.5. The molecule has 0 aromatic carbocycles. The Bertz CT molecular complexity index is 377. The summed E-state index contributed by atoms with van der Waals surface area (Å²) in [6.07, 6.45) is 6.38. The second-order valence-corrected chi connectivity index (χ2v) is 4.25. The molecule has 2 atom stereocenters. The van der Waals surface area contributed by atoms with E-state index in [-0.39, 0.29) is 5.69 Å². The number of rotatable bonds is 3. The summed E-state index contributed by atoms with van der Waals surface area (Å²) in [5, 5.41) is 12.0. The number of aromatic nitrogens is 2. The Hall–Kier alpha value is -1.65. The molecule has 1 aromatic heterocycles. The summed E-state index contributed by atoms with van der Waals surface area (Å²) < 4.78 is 0. The number of nitrogens with one attached hydrogen (secondary N) is 1. The Morgan fingerprint density at radius 2 is 2.25 bits per heavy atom. The quantitative estimate of drug-likeness (QED) is 0.813. The van der Waals surface area contributed by atoms with Crippen molar-refractivity contribution in [2.24, 2.45) is 5.92 Å². The van der Waals surface area contributed by atoms with Gasteiger partial charge in [-0.2, -0.15) is 0 Å². The molecule has 1 aliphatic rings. The Balaban J connectivity index is 2.02. The molecule has 0 amide bonds. The normalized spacial score (nSPS) is 24.3. The first-order valence-electron chi connectivity index (χ1n) is 5.48. The van der Waals surface area contributed by atoms with Crippen LogP contribution < -0.4 is 5.32 Å². The lowest BCUT2D eigenvalue weighted by molar-refractivity contribution is 0.0690. The van der Waals surface area contributed by atoms with Gasteiger partial charge in [-0.25, -0.2) is 14.8 Å². The average molecular weight is 221 g/mol. The fourth-order valence-electron chi connectivity index (χ4n) is 2.06. The first kappa shape index (κ1) is 10.9. The molecule has 86 valence electrons. The fraction of sp³-hybridized carbons (Fsp3) is 0.545. The number of nitrogens with zero attached hydrogens (tertiary/aromatic N) is 2. The number of carbonyl (C=O) groups is 1. The van der Waals surface area contributed by atoms with Crippen molar-refractivity contribution in [3.63, 3.8) is 0 Å². The van der Waals surface area contributed by atoms with Crippen molar-refractivity contribution < 1.29 is 9.90 Å². The number of carboxylic acid groups (broad SMARTS) is 1. The molecule has 1 heterocycles. The van der Waals surface area contributed by atoms with Crippen molar-refractivity contribution in [1.29, 1.82) is 0 Å². The van der Waals surface area contributed by atoms with Crippen LogP contribution in [-0.2, 0) is 0 Å². The highest BCUT2D eigenvalue weighted by Gasteiger charge is 2.23. The van der Waals surface area contributed by atoms with E-state index in [0.717, 1.165) is 6.42 Å². The molecule has 0 aliphatic heterocycles. The van der Waals surface area contributed by atoms with Gasteiger partial charge in [0.2, 0.25) is 0 Å². The lowest BCUT2D eigenvalue weighted by atomic mass is 10.1. The summed E-state index contributed by atoms with van der Waals surface area (Å²) in [5.41, 5.74) is -0.0231. The highest BCUT2D eigenvalue weighted by atomic mass is 16.4. The van der Waals surface area contributed by atoms with Gasteiger partial charge in [-0.05, 0) is 18.8 Å². The van der Waals surface area contributed by atoms with Crippen LogP contribution in [-0.4, -0.2) is 27.1 Å². The van der Waals surface area contributed by atoms with E-state index >= 15 is 0 Å². The van der Waals surface area contributed by atoms with Gasteiger partial charge in [0.1, 0.15) is 5.82 Å². The Morgan fingerprint density at radius 1 is 1.44 bits per heavy atom. The zero-order valence-corrected chi connectivity index (χ0v) is 9.18. The topological polar surface area (TPSA) is 75.1 Å². The summed E-state index contributed by atoms with van der Waals surface area (Å²) in [5.74, 6) is 0.248. The van der Waals surface area contributed by atoms with Gasteiger partial charge in [0, 0.05) is 6.04 Å². The van der Waals surface area contributed by atoms with Crippen molar-refractivity contribution in [2.45, 2.75) is 32.2 Å². The van der Waals surface area contributed by atoms with Gasteiger partial charge in [0.05, 0.1) is 12.4 Å². The van der Waals surface area contributed by atoms with Crippen LogP contribution in [0.2, 0.25) is 0 Å². The number of anilines is 1. The number of hydrogen-bond acceptors (Lipinski definition) is 4. The largest absolute Gasteiger partial charge is 0.476 e. The highest BCUT2D eigenvalue weighted by molar-refractivity contribution is 5.84. The summed E-state index contributed by atoms with van der Waals surface area (Å²) in [6.45, 7) is 2.21. The highest BCUT2D eigenvalue weighted by Crippen LogP contribution is 2.27. The molecule has 1 aliphatic carbocycles. The minimum absolute atomic E-state index is 0.0231. The number of carboxylic acids is 1. The van der Waals surface area contributed by atoms with Gasteiger partial charge < -0.3 is 10.4 Å². The molecule has 0 saturated heterocycles. The van der Waals surface area contributed by atoms with Crippen LogP contribution in [0.4, 0.5) is 5.82 Å². The van der Waals surface area contributed by atoms with E-state index in [0.29, 0.717) is 17.8 Å². The predicted octanol–water partition coefficient (Wildman–Crippen LogP) is 1.78. The second kappa shape index (κ2) is 4.47. The zero-order valence-electron chi connectivity index (χ0n) is 9.18. The van der Waals surface area contributed by atoms with E-state index < -0.39 is 5.97 Å². The SMILES string of the molecule is CC1CCCC1Nc1cnc(C(=O)O)cn1. The van der Waals surface area contributed by atoms with Crippen molar-refractivity contribution in [2.75, 3.05) is 5.32 Å². The standard InChI is InChI=1S/C11H15N3O2/c1-7-3-2-4-8(7)14-10-6-12-9(5-13-10)11(15)16/h5-8H,2-4H2,1H3,(H,13,14)(H,15,16). The van der Waals surface area contributed by atoms with Gasteiger partial charge in [0.25, 0.3) is 0 Å². The third-order valence-corrected chi connectivity index (χ3v) is 3.07. The van der Waals surface area contributed by atoms with Crippen LogP contribution >= 0.6 is 0 Å². The maximum atomic E-state index is 10.6. The summed E-state index contributed by atoms with van der Waals surface area (Å²) in [6, 6.07) is 0.435. The Morgan fingerprint density at radius 3 is 2.75 bits per heavy atom. The predicted molar refractivity (Wildman–Crippen MR) is 59.4 cm³/mol. The molecule has 1 saturated carbocycles. The van der Waals surface area contributed by atoms with Gasteiger partial charge in [-0.3, -0.25) is 0 Å². The van der Waals surface area contributed by atoms with Crippen molar-refractivity contribution in [1.82, 2.24) is 9.97 Å². The molecule has 2 N–H and O–H groups in total. The smallest absolute Gasteiger partial charge is 0.356 e. The van der Waals surface area contributed by atoms with E-state index in [4.69, 9.17) is 5.11 Å². The van der Waals surface area contributed by atoms with E-state index in [9.17, 15) is 4.79 Å². The van der Waals surface area contributed by atoms with Crippen LogP contribution in [0, 0.1) is 5.92 Å². The van der Waals surface area contributed by atoms with E-state index in [1.165, 1.54) is 25.2 Å². The van der Waals surface area contributed by atoms with Crippen LogP contribution in [0.25, 0.3) is 0 Å². The van der Waals surface area contributed by atoms with Gasteiger partial charge in [-0.1, -0.05) is 13.3 Å². The Labute approximate surface area is 93.9 Å². The molecule has 0 bridgehead atoms. The molecule has 2 unspecified atom stereocenters. The van der Waals surface area contributed by atoms with Crippen LogP contribution in [0.5, 0.6) is 0 Å². The second-order valence-electron chi connectivity index (χ2n) is 4.25. The van der Waals surface area contributed by atoms with Crippen molar-refractivity contribution >= 4 is 11.8 Å². The molecule has 1 fully saturated rings. The van der Waals surface area contributed by atoms with Crippen LogP contribution in [0.3, 0.4) is 0 Å². The average Bonchev–Trinajstić information content (AvgIpc) is 2.65. The summed E-state index contributed by atoms with van der Waals surface area (Å²) >= 11 is 0. The third kappa shape index (κ3) is 2.29. The molecular formula is C11H15N3O2. The molecule has 0 radical (unpaired) electrons. The lowest BCUT2D eigenvalue weighted by Crippen LogP contribution is -2.22. The molecule has 16 heavy (non-hydrogen) atoms. The molecule has 0 spiro atoms. The molecule has 1 aromatic rings. The van der Waals surface area contributed by atoms with Crippen molar-refractivity contribution in [3.05, 3.63) is 18.1 Å². The van der Waals surface area contributed by atoms with Crippen LogP contribution in [0.15, 0.2) is 12.4 Å². The molecule has 2 rings (SSSR count). The minimum Gasteiger partial charge on any atom is -0.476 e. The van der Waals surface area contributed by atoms with E-state index in [1.807, 2.05) is 0 Å². The van der Waals surface area contributed by atoms with Gasteiger partial charge >= 0.3 is 5.97 Å². The summed E-state index contributed by atoms with van der Waals surface area (Å²) in [7, 11) is 0. The maximum absolute atomic E-state index is 10.6. The Kier molecular flexibility index (Phi) is 3.03. The monoisotopic (exact) mass is 221 g/mol. The lowest BCUT2D eigenvalue weighted by Gasteiger charge is -2.17. The first-order valence-corrected chi connectivity index (χ1v) is 5.48. The molecule has 5 nitrogen and oxygen atoms in total. The molecular weight excluding hydrogens is 206 g/mol. The first-order chi connectivity index (χ1) is 7.66. The van der Waals surface area contributed by atoms with Crippen LogP contribution in [0.1, 0.15) is 36.7 Å². The number of hydrogen-bond donors (Lipinski definition) is 2. The third-order valence-electron chi connectivity index (χ3n) is 3.07.